The van der Waals surface area contributed by atoms with Crippen LogP contribution in [0.1, 0.15) is 12.5 Å². The van der Waals surface area contributed by atoms with E-state index in [1.54, 1.807) is 0 Å². The first-order chi connectivity index (χ1) is 7.11. The number of hydrogen-bond acceptors (Lipinski definition) is 4. The Hall–Kier alpha value is -1.69. The van der Waals surface area contributed by atoms with Gasteiger partial charge in [0.05, 0.1) is 0 Å². The summed E-state index contributed by atoms with van der Waals surface area (Å²) in [7, 11) is 0. The van der Waals surface area contributed by atoms with Crippen LogP contribution in [0, 0.1) is 4.77 Å². The van der Waals surface area contributed by atoms with Gasteiger partial charge in [0.15, 0.2) is 4.77 Å². The van der Waals surface area contributed by atoms with Gasteiger partial charge in [-0.25, -0.2) is 4.79 Å². The molecule has 0 unspecified atom stereocenters. The molecule has 0 atom stereocenters. The summed E-state index contributed by atoms with van der Waals surface area (Å²) in [4.78, 5) is 27.8. The monoisotopic (exact) mass is 224 g/mol. The summed E-state index contributed by atoms with van der Waals surface area (Å²) in [5, 5.41) is 0.353. The van der Waals surface area contributed by atoms with Crippen molar-refractivity contribution in [2.75, 3.05) is 0 Å². The van der Waals surface area contributed by atoms with Gasteiger partial charge < -0.3 is 9.40 Å². The molecule has 0 fully saturated rings. The van der Waals surface area contributed by atoms with Crippen LogP contribution in [0.25, 0.3) is 11.1 Å². The number of H-pyrrole nitrogens is 2. The fourth-order valence-corrected chi connectivity index (χ4v) is 1.64. The van der Waals surface area contributed by atoms with Crippen molar-refractivity contribution in [3.63, 3.8) is 0 Å². The minimum atomic E-state index is -0.490. The van der Waals surface area contributed by atoms with Crippen LogP contribution >= 0.6 is 12.2 Å². The molecule has 0 bridgehead atoms. The van der Waals surface area contributed by atoms with Gasteiger partial charge >= 0.3 is 5.63 Å². The van der Waals surface area contributed by atoms with Crippen molar-refractivity contribution in [1.29, 1.82) is 0 Å². The zero-order valence-electron chi connectivity index (χ0n) is 7.92. The Morgan fingerprint density at radius 1 is 1.40 bits per heavy atom. The van der Waals surface area contributed by atoms with Crippen LogP contribution in [0.15, 0.2) is 20.1 Å². The van der Waals surface area contributed by atoms with Gasteiger partial charge in [0, 0.05) is 6.07 Å². The van der Waals surface area contributed by atoms with E-state index in [1.165, 1.54) is 6.07 Å². The second-order valence-corrected chi connectivity index (χ2v) is 3.46. The van der Waals surface area contributed by atoms with E-state index in [1.807, 2.05) is 6.92 Å². The van der Waals surface area contributed by atoms with Crippen molar-refractivity contribution in [3.05, 3.63) is 37.2 Å². The van der Waals surface area contributed by atoms with E-state index in [2.05, 4.69) is 9.97 Å². The Labute approximate surface area is 88.8 Å². The van der Waals surface area contributed by atoms with E-state index in [9.17, 15) is 9.59 Å². The van der Waals surface area contributed by atoms with Crippen molar-refractivity contribution < 1.29 is 4.42 Å². The smallest absolute Gasteiger partial charge is 0.337 e. The van der Waals surface area contributed by atoms with Crippen LogP contribution < -0.4 is 11.2 Å². The van der Waals surface area contributed by atoms with E-state index in [4.69, 9.17) is 16.6 Å². The van der Waals surface area contributed by atoms with Crippen molar-refractivity contribution in [1.82, 2.24) is 9.97 Å². The molecule has 2 rings (SSSR count). The van der Waals surface area contributed by atoms with E-state index in [-0.39, 0.29) is 16.0 Å². The maximum Gasteiger partial charge on any atom is 0.337 e. The number of fused-ring (bicyclic) bond motifs is 1. The number of aryl methyl sites for hydroxylation is 1. The minimum absolute atomic E-state index is 0.133. The number of hydrogen-bond donors (Lipinski definition) is 2. The first-order valence-electron chi connectivity index (χ1n) is 4.41. The predicted molar refractivity (Wildman–Crippen MR) is 57.7 cm³/mol. The van der Waals surface area contributed by atoms with Gasteiger partial charge in [-0.3, -0.25) is 9.78 Å². The quantitative estimate of drug-likeness (QED) is 0.711. The zero-order valence-corrected chi connectivity index (χ0v) is 8.73. The molecule has 0 aliphatic carbocycles. The second-order valence-electron chi connectivity index (χ2n) is 3.06. The van der Waals surface area contributed by atoms with Crippen LogP contribution in [0.2, 0.25) is 0 Å². The highest BCUT2D eigenvalue weighted by Crippen LogP contribution is 2.09. The van der Waals surface area contributed by atoms with E-state index >= 15 is 0 Å². The lowest BCUT2D eigenvalue weighted by molar-refractivity contribution is 0.545. The molecular formula is C9H8N2O3S. The lowest BCUT2D eigenvalue weighted by Crippen LogP contribution is -2.13. The molecule has 6 heteroatoms. The zero-order chi connectivity index (χ0) is 11.0. The lowest BCUT2D eigenvalue weighted by Gasteiger charge is -2.00. The SMILES string of the molecule is CCc1cc(=O)oc2[nH]c(=S)[nH]c(=O)c12. The second kappa shape index (κ2) is 3.47. The molecule has 0 aliphatic heterocycles. The summed E-state index contributed by atoms with van der Waals surface area (Å²) in [5.74, 6) is 0. The molecule has 2 aromatic rings. The molecule has 2 aromatic heterocycles. The van der Waals surface area contributed by atoms with Gasteiger partial charge in [-0.1, -0.05) is 6.92 Å². The average Bonchev–Trinajstić information content (AvgIpc) is 2.14. The maximum absolute atomic E-state index is 11.6. The van der Waals surface area contributed by atoms with Crippen LogP contribution in [0.4, 0.5) is 0 Å². The van der Waals surface area contributed by atoms with Crippen LogP contribution in [-0.4, -0.2) is 9.97 Å². The van der Waals surface area contributed by atoms with Gasteiger partial charge in [-0.15, -0.1) is 0 Å². The van der Waals surface area contributed by atoms with Crippen molar-refractivity contribution >= 4 is 23.3 Å². The summed E-state index contributed by atoms with van der Waals surface area (Å²) in [5.41, 5.74) is -0.0493. The Balaban J connectivity index is 3.10. The molecule has 15 heavy (non-hydrogen) atoms. The molecule has 0 spiro atoms. The molecule has 2 heterocycles. The van der Waals surface area contributed by atoms with Gasteiger partial charge in [0.25, 0.3) is 5.56 Å². The Bertz CT molecular complexity index is 675. The molecule has 0 saturated carbocycles. The van der Waals surface area contributed by atoms with Gasteiger partial charge in [-0.2, -0.15) is 0 Å². The molecule has 2 N–H and O–H groups in total. The molecule has 0 saturated heterocycles. The van der Waals surface area contributed by atoms with E-state index < -0.39 is 5.63 Å². The fraction of sp³-hybridized carbons (Fsp3) is 0.222. The number of nitrogens with one attached hydrogen (secondary N) is 2. The van der Waals surface area contributed by atoms with E-state index in [0.717, 1.165) is 0 Å². The minimum Gasteiger partial charge on any atom is -0.405 e. The third-order valence-electron chi connectivity index (χ3n) is 2.10. The first kappa shape index (κ1) is 9.85. The highest BCUT2D eigenvalue weighted by atomic mass is 32.1. The molecule has 0 radical (unpaired) electrons. The van der Waals surface area contributed by atoms with Crippen LogP contribution in [-0.2, 0) is 6.42 Å². The standard InChI is InChI=1S/C9H8N2O3S/c1-2-4-3-5(12)14-8-6(4)7(13)10-9(15)11-8/h3H,2H2,1H3,(H2,10,11,13,15). The Morgan fingerprint density at radius 2 is 2.13 bits per heavy atom. The lowest BCUT2D eigenvalue weighted by atomic mass is 10.1. The average molecular weight is 224 g/mol. The fourth-order valence-electron chi connectivity index (χ4n) is 1.46. The predicted octanol–water partition coefficient (Wildman–Crippen LogP) is 1.10. The van der Waals surface area contributed by atoms with Crippen molar-refractivity contribution in [3.8, 4) is 0 Å². The normalized spacial score (nSPS) is 10.7. The van der Waals surface area contributed by atoms with Gasteiger partial charge in [0.2, 0.25) is 5.71 Å². The summed E-state index contributed by atoms with van der Waals surface area (Å²) in [6, 6.07) is 1.31. The van der Waals surface area contributed by atoms with Crippen molar-refractivity contribution in [2.24, 2.45) is 0 Å². The third kappa shape index (κ3) is 1.63. The summed E-state index contributed by atoms with van der Waals surface area (Å²) < 4.78 is 5.01. The third-order valence-corrected chi connectivity index (χ3v) is 2.31. The van der Waals surface area contributed by atoms with Gasteiger partial charge in [-0.05, 0) is 24.2 Å². The highest BCUT2D eigenvalue weighted by Gasteiger charge is 2.08. The van der Waals surface area contributed by atoms with Crippen molar-refractivity contribution in [2.45, 2.75) is 13.3 Å². The summed E-state index contributed by atoms with van der Waals surface area (Å²) >= 11 is 4.78. The maximum atomic E-state index is 11.6. The van der Waals surface area contributed by atoms with Gasteiger partial charge in [0.1, 0.15) is 5.39 Å². The molecule has 0 amide bonds. The van der Waals surface area contributed by atoms with Crippen LogP contribution in [0.5, 0.6) is 0 Å². The first-order valence-corrected chi connectivity index (χ1v) is 4.82. The molecule has 0 aliphatic rings. The molecule has 0 aromatic carbocycles. The highest BCUT2D eigenvalue weighted by molar-refractivity contribution is 7.71. The number of aromatic nitrogens is 2. The molecular weight excluding hydrogens is 216 g/mol. The molecule has 78 valence electrons. The molecule has 5 nitrogen and oxygen atoms in total. The van der Waals surface area contributed by atoms with Crippen LogP contribution in [0.3, 0.4) is 0 Å². The Kier molecular flexibility index (Phi) is 2.28. The summed E-state index contributed by atoms with van der Waals surface area (Å²) in [6.45, 7) is 1.86. The largest absolute Gasteiger partial charge is 0.405 e. The number of aromatic amines is 2. The number of rotatable bonds is 1. The topological polar surface area (TPSA) is 78.9 Å². The summed E-state index contributed by atoms with van der Waals surface area (Å²) in [6.07, 6.45) is 0.579. The van der Waals surface area contributed by atoms with E-state index in [0.29, 0.717) is 17.4 Å². The Morgan fingerprint density at radius 3 is 2.80 bits per heavy atom.